The summed E-state index contributed by atoms with van der Waals surface area (Å²) in [6.07, 6.45) is 4.06. The standard InChI is InChI=1S/C26H39N3O4S2/c1-6-21-7-9-23(10-8-21)29(18-19(2)3)35(31,32)24-11-12-25(26(17-24)34(5,27)30)28-20(4)22-13-15-33-16-14-22/h7-12,17,19-20,22,27-28H,6,13-16,18H2,1-5H3/t20-,34?/m0/s1. The van der Waals surface area contributed by atoms with Crippen LogP contribution >= 0.6 is 0 Å². The average molecular weight is 522 g/mol. The average Bonchev–Trinajstić information content (AvgIpc) is 2.82. The summed E-state index contributed by atoms with van der Waals surface area (Å²) in [4.78, 5) is 0.252. The van der Waals surface area contributed by atoms with E-state index in [9.17, 15) is 12.6 Å². The summed E-state index contributed by atoms with van der Waals surface area (Å²) >= 11 is 0. The van der Waals surface area contributed by atoms with Crippen LogP contribution in [-0.2, 0) is 30.9 Å². The van der Waals surface area contributed by atoms with Crippen LogP contribution in [0.3, 0.4) is 0 Å². The molecule has 0 aliphatic carbocycles. The second-order valence-electron chi connectivity index (χ2n) is 9.83. The molecule has 0 bridgehead atoms. The second-order valence-corrected chi connectivity index (χ2v) is 13.8. The molecule has 2 N–H and O–H groups in total. The zero-order chi connectivity index (χ0) is 25.8. The Bertz CT molecular complexity index is 1200. The molecule has 3 rings (SSSR count). The van der Waals surface area contributed by atoms with E-state index in [0.717, 1.165) is 24.8 Å². The number of ether oxygens (including phenoxy) is 1. The van der Waals surface area contributed by atoms with Gasteiger partial charge >= 0.3 is 0 Å². The van der Waals surface area contributed by atoms with Crippen LogP contribution in [0.4, 0.5) is 11.4 Å². The van der Waals surface area contributed by atoms with Crippen molar-refractivity contribution in [2.75, 3.05) is 35.6 Å². The van der Waals surface area contributed by atoms with Crippen molar-refractivity contribution < 1.29 is 17.4 Å². The van der Waals surface area contributed by atoms with Gasteiger partial charge in [-0.1, -0.05) is 32.9 Å². The first-order chi connectivity index (χ1) is 16.4. The van der Waals surface area contributed by atoms with Crippen molar-refractivity contribution in [3.63, 3.8) is 0 Å². The van der Waals surface area contributed by atoms with Gasteiger partial charge in [0.15, 0.2) is 0 Å². The molecule has 194 valence electrons. The highest BCUT2D eigenvalue weighted by Gasteiger charge is 2.28. The van der Waals surface area contributed by atoms with Gasteiger partial charge in [-0.05, 0) is 73.9 Å². The largest absolute Gasteiger partial charge is 0.381 e. The summed E-state index contributed by atoms with van der Waals surface area (Å²) in [6.45, 7) is 9.82. The molecule has 35 heavy (non-hydrogen) atoms. The zero-order valence-corrected chi connectivity index (χ0v) is 23.0. The molecule has 2 atom stereocenters. The Balaban J connectivity index is 2.00. The van der Waals surface area contributed by atoms with Gasteiger partial charge in [-0.2, -0.15) is 0 Å². The van der Waals surface area contributed by atoms with E-state index in [1.165, 1.54) is 16.6 Å². The van der Waals surface area contributed by atoms with Crippen LogP contribution in [0, 0.1) is 16.6 Å². The Labute approximate surface area is 211 Å². The number of rotatable bonds is 10. The monoisotopic (exact) mass is 521 g/mol. The molecule has 1 unspecified atom stereocenters. The number of nitrogens with one attached hydrogen (secondary N) is 2. The van der Waals surface area contributed by atoms with E-state index >= 15 is 0 Å². The van der Waals surface area contributed by atoms with Crippen molar-refractivity contribution in [1.82, 2.24) is 0 Å². The van der Waals surface area contributed by atoms with Crippen molar-refractivity contribution in [3.05, 3.63) is 48.0 Å². The predicted molar refractivity (Wildman–Crippen MR) is 143 cm³/mol. The van der Waals surface area contributed by atoms with Gasteiger partial charge in [-0.3, -0.25) is 4.31 Å². The van der Waals surface area contributed by atoms with Crippen LogP contribution in [0.2, 0.25) is 0 Å². The number of anilines is 2. The van der Waals surface area contributed by atoms with Crippen LogP contribution in [0.5, 0.6) is 0 Å². The van der Waals surface area contributed by atoms with Crippen molar-refractivity contribution in [2.45, 2.75) is 62.8 Å². The Morgan fingerprint density at radius 2 is 1.69 bits per heavy atom. The smallest absolute Gasteiger partial charge is 0.264 e. The highest BCUT2D eigenvalue weighted by atomic mass is 32.2. The number of sulfonamides is 1. The van der Waals surface area contributed by atoms with Gasteiger partial charge < -0.3 is 10.1 Å². The Morgan fingerprint density at radius 1 is 1.06 bits per heavy atom. The first kappa shape index (κ1) is 27.5. The molecule has 7 nitrogen and oxygen atoms in total. The third kappa shape index (κ3) is 6.77. The predicted octanol–water partition coefficient (Wildman–Crippen LogP) is 5.36. The fourth-order valence-corrected chi connectivity index (χ4v) is 7.01. The van der Waals surface area contributed by atoms with E-state index in [-0.39, 0.29) is 21.8 Å². The van der Waals surface area contributed by atoms with E-state index in [2.05, 4.69) is 19.2 Å². The fourth-order valence-electron chi connectivity index (χ4n) is 4.38. The molecule has 1 heterocycles. The number of benzene rings is 2. The van der Waals surface area contributed by atoms with Gasteiger partial charge in [0, 0.05) is 32.1 Å². The molecule has 1 saturated heterocycles. The minimum Gasteiger partial charge on any atom is -0.381 e. The van der Waals surface area contributed by atoms with Gasteiger partial charge in [-0.25, -0.2) is 17.4 Å². The molecule has 1 aliphatic heterocycles. The fraction of sp³-hybridized carbons (Fsp3) is 0.538. The second kappa shape index (κ2) is 11.3. The molecule has 0 radical (unpaired) electrons. The van der Waals surface area contributed by atoms with E-state index < -0.39 is 19.8 Å². The third-order valence-electron chi connectivity index (χ3n) is 6.48. The lowest BCUT2D eigenvalue weighted by Crippen LogP contribution is -2.34. The summed E-state index contributed by atoms with van der Waals surface area (Å²) in [7, 11) is -7.12. The molecule has 0 saturated carbocycles. The van der Waals surface area contributed by atoms with Crippen molar-refractivity contribution in [2.24, 2.45) is 11.8 Å². The Morgan fingerprint density at radius 3 is 2.23 bits per heavy atom. The summed E-state index contributed by atoms with van der Waals surface area (Å²) in [5.41, 5.74) is 2.27. The summed E-state index contributed by atoms with van der Waals surface area (Å²) in [6, 6.07) is 12.2. The Hall–Kier alpha value is -2.10. The van der Waals surface area contributed by atoms with Crippen molar-refractivity contribution in [1.29, 1.82) is 4.78 Å². The van der Waals surface area contributed by atoms with Crippen molar-refractivity contribution in [3.8, 4) is 0 Å². The van der Waals surface area contributed by atoms with E-state index in [0.29, 0.717) is 37.1 Å². The quantitative estimate of drug-likeness (QED) is 0.438. The molecular formula is C26H39N3O4S2. The highest BCUT2D eigenvalue weighted by Crippen LogP contribution is 2.32. The summed E-state index contributed by atoms with van der Waals surface area (Å²) < 4.78 is 55.7. The molecular weight excluding hydrogens is 482 g/mol. The number of hydrogen-bond donors (Lipinski definition) is 2. The minimum atomic E-state index is -3.94. The first-order valence-corrected chi connectivity index (χ1v) is 15.7. The molecule has 9 heteroatoms. The summed E-state index contributed by atoms with van der Waals surface area (Å²) in [5, 5.41) is 3.41. The normalized spacial score (nSPS) is 17.7. The van der Waals surface area contributed by atoms with Crippen LogP contribution < -0.4 is 9.62 Å². The molecule has 1 fully saturated rings. The van der Waals surface area contributed by atoms with Gasteiger partial charge in [-0.15, -0.1) is 0 Å². The lowest BCUT2D eigenvalue weighted by Gasteiger charge is -2.30. The van der Waals surface area contributed by atoms with Gasteiger partial charge in [0.1, 0.15) is 0 Å². The SMILES string of the molecule is CCc1ccc(N(CC(C)C)S(=O)(=O)c2ccc(N[C@@H](C)C3CCOCC3)c(S(C)(=N)=O)c2)cc1. The number of aryl methyl sites for hydroxylation is 1. The van der Waals surface area contributed by atoms with Gasteiger partial charge in [0.25, 0.3) is 10.0 Å². The third-order valence-corrected chi connectivity index (χ3v) is 9.45. The Kier molecular flexibility index (Phi) is 8.88. The molecule has 2 aromatic rings. The van der Waals surface area contributed by atoms with Crippen LogP contribution in [0.15, 0.2) is 52.3 Å². The molecule has 2 aromatic carbocycles. The highest BCUT2D eigenvalue weighted by molar-refractivity contribution is 7.93. The first-order valence-electron chi connectivity index (χ1n) is 12.3. The molecule has 1 aliphatic rings. The minimum absolute atomic E-state index is 0.0406. The maximum absolute atomic E-state index is 13.8. The van der Waals surface area contributed by atoms with E-state index in [1.807, 2.05) is 38.1 Å². The summed E-state index contributed by atoms with van der Waals surface area (Å²) in [5.74, 6) is 0.495. The molecule has 0 aromatic heterocycles. The lowest BCUT2D eigenvalue weighted by molar-refractivity contribution is 0.0622. The zero-order valence-electron chi connectivity index (χ0n) is 21.4. The van der Waals surface area contributed by atoms with Gasteiger partial charge in [0.05, 0.1) is 30.9 Å². The molecule has 0 amide bonds. The van der Waals surface area contributed by atoms with Crippen molar-refractivity contribution >= 4 is 31.1 Å². The topological polar surface area (TPSA) is 99.6 Å². The maximum Gasteiger partial charge on any atom is 0.264 e. The van der Waals surface area contributed by atoms with E-state index in [4.69, 9.17) is 9.52 Å². The number of hydrogen-bond acceptors (Lipinski definition) is 6. The lowest BCUT2D eigenvalue weighted by atomic mass is 9.93. The van der Waals surface area contributed by atoms with Crippen LogP contribution in [0.25, 0.3) is 0 Å². The maximum atomic E-state index is 13.8. The van der Waals surface area contributed by atoms with Crippen LogP contribution in [0.1, 0.15) is 46.1 Å². The molecule has 0 spiro atoms. The van der Waals surface area contributed by atoms with Crippen LogP contribution in [-0.4, -0.2) is 44.7 Å². The van der Waals surface area contributed by atoms with E-state index in [1.54, 1.807) is 12.1 Å². The van der Waals surface area contributed by atoms with Gasteiger partial charge in [0.2, 0.25) is 0 Å². The number of nitrogens with zero attached hydrogens (tertiary/aromatic N) is 1.